The number of rotatable bonds is 8. The van der Waals surface area contributed by atoms with Crippen molar-refractivity contribution in [1.29, 1.82) is 0 Å². The zero-order chi connectivity index (χ0) is 19.1. The summed E-state index contributed by atoms with van der Waals surface area (Å²) in [4.78, 5) is 29.0. The zero-order valence-corrected chi connectivity index (χ0v) is 15.6. The highest BCUT2D eigenvalue weighted by Gasteiger charge is 2.12. The number of benzene rings is 2. The second-order valence-electron chi connectivity index (χ2n) is 6.64. The van der Waals surface area contributed by atoms with E-state index in [2.05, 4.69) is 16.4 Å². The summed E-state index contributed by atoms with van der Waals surface area (Å²) in [5.41, 5.74) is 3.37. The van der Waals surface area contributed by atoms with E-state index in [1.807, 2.05) is 54.7 Å². The van der Waals surface area contributed by atoms with Gasteiger partial charge in [-0.05, 0) is 23.6 Å². The molecule has 2 N–H and O–H groups in total. The molecule has 0 radical (unpaired) electrons. The average Bonchev–Trinajstić information content (AvgIpc) is 3.09. The number of nitrogens with one attached hydrogen (secondary N) is 2. The Kier molecular flexibility index (Phi) is 6.26. The van der Waals surface area contributed by atoms with Gasteiger partial charge in [0, 0.05) is 50.1 Å². The molecular formula is C22H25N3O2. The fourth-order valence-electron chi connectivity index (χ4n) is 3.15. The maximum atomic E-state index is 12.2. The SMILES string of the molecule is CC(=O)N(CCC(=O)NCCc1c[nH]c2ccccc12)Cc1ccccc1. The van der Waals surface area contributed by atoms with E-state index in [9.17, 15) is 9.59 Å². The largest absolute Gasteiger partial charge is 0.361 e. The molecule has 0 saturated heterocycles. The Balaban J connectivity index is 1.45. The van der Waals surface area contributed by atoms with Crippen LogP contribution >= 0.6 is 0 Å². The van der Waals surface area contributed by atoms with Crippen LogP contribution in [0.5, 0.6) is 0 Å². The number of fused-ring (bicyclic) bond motifs is 1. The number of hydrogen-bond donors (Lipinski definition) is 2. The van der Waals surface area contributed by atoms with E-state index in [0.717, 1.165) is 17.5 Å². The Morgan fingerprint density at radius 1 is 1.04 bits per heavy atom. The van der Waals surface area contributed by atoms with E-state index in [1.165, 1.54) is 17.9 Å². The topological polar surface area (TPSA) is 65.2 Å². The van der Waals surface area contributed by atoms with Crippen molar-refractivity contribution < 1.29 is 9.59 Å². The quantitative estimate of drug-likeness (QED) is 0.645. The van der Waals surface area contributed by atoms with Gasteiger partial charge in [0.2, 0.25) is 11.8 Å². The van der Waals surface area contributed by atoms with Crippen molar-refractivity contribution >= 4 is 22.7 Å². The number of nitrogens with zero attached hydrogens (tertiary/aromatic N) is 1. The van der Waals surface area contributed by atoms with Gasteiger partial charge in [0.15, 0.2) is 0 Å². The van der Waals surface area contributed by atoms with Gasteiger partial charge in [-0.3, -0.25) is 9.59 Å². The number of aromatic amines is 1. The van der Waals surface area contributed by atoms with E-state index < -0.39 is 0 Å². The summed E-state index contributed by atoms with van der Waals surface area (Å²) in [5, 5.41) is 4.15. The molecule has 0 aliphatic carbocycles. The molecule has 0 aliphatic rings. The molecule has 3 aromatic rings. The monoisotopic (exact) mass is 363 g/mol. The van der Waals surface area contributed by atoms with Crippen LogP contribution in [-0.4, -0.2) is 34.8 Å². The fraction of sp³-hybridized carbons (Fsp3) is 0.273. The van der Waals surface area contributed by atoms with Crippen LogP contribution in [0, 0.1) is 0 Å². The molecule has 0 spiro atoms. The number of H-pyrrole nitrogens is 1. The van der Waals surface area contributed by atoms with Gasteiger partial charge in [0.25, 0.3) is 0 Å². The number of carbonyl (C=O) groups excluding carboxylic acids is 2. The van der Waals surface area contributed by atoms with Crippen molar-refractivity contribution in [2.24, 2.45) is 0 Å². The second kappa shape index (κ2) is 9.03. The molecule has 0 fully saturated rings. The van der Waals surface area contributed by atoms with Gasteiger partial charge >= 0.3 is 0 Å². The lowest BCUT2D eigenvalue weighted by atomic mass is 10.1. The van der Waals surface area contributed by atoms with E-state index in [1.54, 1.807) is 4.90 Å². The average molecular weight is 363 g/mol. The number of amides is 2. The standard InChI is InChI=1S/C22H25N3O2/c1-17(26)25(16-18-7-3-2-4-8-18)14-12-22(27)23-13-11-19-15-24-21-10-6-5-9-20(19)21/h2-10,15,24H,11-14,16H2,1H3,(H,23,27). The van der Waals surface area contributed by atoms with Gasteiger partial charge in [0.1, 0.15) is 0 Å². The van der Waals surface area contributed by atoms with Crippen LogP contribution in [-0.2, 0) is 22.6 Å². The van der Waals surface area contributed by atoms with E-state index in [0.29, 0.717) is 26.1 Å². The minimum atomic E-state index is -0.0332. The Morgan fingerprint density at radius 3 is 2.56 bits per heavy atom. The Bertz CT molecular complexity index is 902. The number of para-hydroxylation sites is 1. The van der Waals surface area contributed by atoms with Crippen molar-refractivity contribution in [3.63, 3.8) is 0 Å². The predicted octanol–water partition coefficient (Wildman–Crippen LogP) is 3.27. The molecule has 5 nitrogen and oxygen atoms in total. The van der Waals surface area contributed by atoms with E-state index in [-0.39, 0.29) is 11.8 Å². The lowest BCUT2D eigenvalue weighted by molar-refractivity contribution is -0.130. The van der Waals surface area contributed by atoms with Crippen LogP contribution in [0.1, 0.15) is 24.5 Å². The molecule has 0 saturated carbocycles. The van der Waals surface area contributed by atoms with Crippen molar-refractivity contribution in [3.8, 4) is 0 Å². The molecule has 1 heterocycles. The van der Waals surface area contributed by atoms with Crippen molar-refractivity contribution in [2.75, 3.05) is 13.1 Å². The summed E-state index contributed by atoms with van der Waals surface area (Å²) < 4.78 is 0. The first-order valence-corrected chi connectivity index (χ1v) is 9.24. The summed E-state index contributed by atoms with van der Waals surface area (Å²) in [6.45, 7) is 3.07. The number of carbonyl (C=O) groups is 2. The third-order valence-corrected chi connectivity index (χ3v) is 4.66. The maximum absolute atomic E-state index is 12.2. The van der Waals surface area contributed by atoms with Crippen LogP contribution in [0.2, 0.25) is 0 Å². The minimum absolute atomic E-state index is 0.0227. The van der Waals surface area contributed by atoms with Crippen LogP contribution in [0.15, 0.2) is 60.8 Å². The first-order valence-electron chi connectivity index (χ1n) is 9.24. The molecule has 2 aromatic carbocycles. The summed E-state index contributed by atoms with van der Waals surface area (Å²) in [5.74, 6) is -0.0559. The minimum Gasteiger partial charge on any atom is -0.361 e. The van der Waals surface area contributed by atoms with Crippen LogP contribution in [0.3, 0.4) is 0 Å². The highest BCUT2D eigenvalue weighted by atomic mass is 16.2. The molecule has 0 unspecified atom stereocenters. The molecule has 3 rings (SSSR count). The van der Waals surface area contributed by atoms with Crippen LogP contribution in [0.4, 0.5) is 0 Å². The highest BCUT2D eigenvalue weighted by molar-refractivity contribution is 5.83. The molecule has 2 amide bonds. The van der Waals surface area contributed by atoms with Crippen molar-refractivity contribution in [3.05, 3.63) is 71.9 Å². The number of aromatic nitrogens is 1. The van der Waals surface area contributed by atoms with E-state index in [4.69, 9.17) is 0 Å². The Morgan fingerprint density at radius 2 is 1.78 bits per heavy atom. The zero-order valence-electron chi connectivity index (χ0n) is 15.6. The molecule has 0 aliphatic heterocycles. The maximum Gasteiger partial charge on any atom is 0.221 e. The van der Waals surface area contributed by atoms with Gasteiger partial charge in [-0.2, -0.15) is 0 Å². The first kappa shape index (κ1) is 18.7. The van der Waals surface area contributed by atoms with Gasteiger partial charge in [-0.1, -0.05) is 48.5 Å². The van der Waals surface area contributed by atoms with E-state index >= 15 is 0 Å². The molecule has 0 atom stereocenters. The second-order valence-corrected chi connectivity index (χ2v) is 6.64. The summed E-state index contributed by atoms with van der Waals surface area (Å²) in [7, 11) is 0. The molecule has 5 heteroatoms. The van der Waals surface area contributed by atoms with Gasteiger partial charge < -0.3 is 15.2 Å². The lowest BCUT2D eigenvalue weighted by Crippen LogP contribution is -2.34. The number of hydrogen-bond acceptors (Lipinski definition) is 2. The van der Waals surface area contributed by atoms with Crippen molar-refractivity contribution in [1.82, 2.24) is 15.2 Å². The highest BCUT2D eigenvalue weighted by Crippen LogP contribution is 2.17. The molecule has 27 heavy (non-hydrogen) atoms. The summed E-state index contributed by atoms with van der Waals surface area (Å²) in [6.07, 6.45) is 3.07. The normalized spacial score (nSPS) is 10.7. The summed E-state index contributed by atoms with van der Waals surface area (Å²) in [6, 6.07) is 18.0. The van der Waals surface area contributed by atoms with Crippen LogP contribution < -0.4 is 5.32 Å². The molecule has 0 bridgehead atoms. The van der Waals surface area contributed by atoms with Crippen molar-refractivity contribution in [2.45, 2.75) is 26.3 Å². The Labute approximate surface area is 159 Å². The Hall–Kier alpha value is -3.08. The third-order valence-electron chi connectivity index (χ3n) is 4.66. The molecule has 1 aromatic heterocycles. The van der Waals surface area contributed by atoms with Gasteiger partial charge in [0.05, 0.1) is 0 Å². The molecular weight excluding hydrogens is 338 g/mol. The first-order chi connectivity index (χ1) is 13.1. The van der Waals surface area contributed by atoms with Gasteiger partial charge in [-0.15, -0.1) is 0 Å². The van der Waals surface area contributed by atoms with Crippen LogP contribution in [0.25, 0.3) is 10.9 Å². The third kappa shape index (κ3) is 5.20. The smallest absolute Gasteiger partial charge is 0.221 e. The predicted molar refractivity (Wildman–Crippen MR) is 107 cm³/mol. The fourth-order valence-corrected chi connectivity index (χ4v) is 3.15. The van der Waals surface area contributed by atoms with Gasteiger partial charge in [-0.25, -0.2) is 0 Å². The molecule has 140 valence electrons. The summed E-state index contributed by atoms with van der Waals surface area (Å²) >= 11 is 0. The lowest BCUT2D eigenvalue weighted by Gasteiger charge is -2.21.